The number of aromatic nitrogens is 1. The van der Waals surface area contributed by atoms with Crippen LogP contribution in [0.25, 0.3) is 5.69 Å². The van der Waals surface area contributed by atoms with Crippen LogP contribution in [0.4, 0.5) is 10.1 Å². The van der Waals surface area contributed by atoms with Crippen molar-refractivity contribution in [3.63, 3.8) is 0 Å². The van der Waals surface area contributed by atoms with Crippen LogP contribution < -0.4 is 9.73 Å². The Balaban J connectivity index is 1.74. The van der Waals surface area contributed by atoms with E-state index in [1.807, 2.05) is 19.9 Å². The first-order valence-corrected chi connectivity index (χ1v) is 12.2. The molecule has 32 heavy (non-hydrogen) atoms. The van der Waals surface area contributed by atoms with Gasteiger partial charge in [-0.25, -0.2) is 18.2 Å². The average Bonchev–Trinajstić information content (AvgIpc) is 3.00. The maximum atomic E-state index is 14.2. The van der Waals surface area contributed by atoms with E-state index in [9.17, 15) is 17.6 Å². The molecule has 1 N–H and O–H groups in total. The largest absolute Gasteiger partial charge is 0.315 e. The summed E-state index contributed by atoms with van der Waals surface area (Å²) in [6.45, 7) is 3.24. The number of sulfonamides is 1. The highest BCUT2D eigenvalue weighted by atomic mass is 79.9. The van der Waals surface area contributed by atoms with Crippen LogP contribution in [0.3, 0.4) is 0 Å². The molecule has 0 saturated carbocycles. The number of hydrogen-bond donors (Lipinski definition) is 1. The zero-order valence-electron chi connectivity index (χ0n) is 17.7. The Labute approximate surface area is 194 Å². The van der Waals surface area contributed by atoms with Crippen molar-refractivity contribution < 1.29 is 17.6 Å². The average molecular weight is 521 g/mol. The molecule has 0 aliphatic rings. The van der Waals surface area contributed by atoms with Gasteiger partial charge in [0, 0.05) is 21.4 Å². The topological polar surface area (TPSA) is 83.8 Å². The summed E-state index contributed by atoms with van der Waals surface area (Å²) in [5.74, 6) is -0.947. The molecule has 0 spiro atoms. The van der Waals surface area contributed by atoms with Crippen molar-refractivity contribution in [3.05, 3.63) is 81.8 Å². The first-order valence-electron chi connectivity index (χ1n) is 9.57. The highest BCUT2D eigenvalue weighted by Crippen LogP contribution is 2.22. The number of carbonyl (C=O) groups is 1. The summed E-state index contributed by atoms with van der Waals surface area (Å²) < 4.78 is 42.1. The lowest BCUT2D eigenvalue weighted by Crippen LogP contribution is -2.39. The Bertz CT molecular complexity index is 1270. The number of rotatable bonds is 7. The first kappa shape index (κ1) is 23.7. The van der Waals surface area contributed by atoms with Crippen molar-refractivity contribution in [1.29, 1.82) is 0 Å². The molecular weight excluding hydrogens is 499 g/mol. The molecule has 1 aromatic heterocycles. The van der Waals surface area contributed by atoms with Crippen molar-refractivity contribution in [2.24, 2.45) is 5.10 Å². The van der Waals surface area contributed by atoms with Crippen LogP contribution in [0.2, 0.25) is 0 Å². The normalized spacial score (nSPS) is 11.7. The van der Waals surface area contributed by atoms with Crippen molar-refractivity contribution in [2.75, 3.05) is 17.1 Å². The SMILES string of the molecule is Cc1cc(/C=N\NC(=O)CN(c2ccc(Br)cc2)S(C)(=O)=O)c(C)n1-c1ccccc1F. The van der Waals surface area contributed by atoms with Gasteiger partial charge in [0.25, 0.3) is 5.91 Å². The number of hydrazone groups is 1. The van der Waals surface area contributed by atoms with Crippen LogP contribution in [0.15, 0.2) is 64.2 Å². The number of para-hydroxylation sites is 1. The molecule has 0 fully saturated rings. The third-order valence-electron chi connectivity index (χ3n) is 4.76. The summed E-state index contributed by atoms with van der Waals surface area (Å²) in [5, 5.41) is 3.96. The minimum Gasteiger partial charge on any atom is -0.315 e. The number of amides is 1. The van der Waals surface area contributed by atoms with E-state index in [1.54, 1.807) is 47.0 Å². The smallest absolute Gasteiger partial charge is 0.260 e. The van der Waals surface area contributed by atoms with Crippen LogP contribution in [-0.4, -0.2) is 37.9 Å². The standard InChI is InChI=1S/C22H22BrFN4O3S/c1-15-12-17(16(2)28(15)21-7-5-4-6-20(21)24)13-25-26-22(29)14-27(32(3,30)31)19-10-8-18(23)9-11-19/h4-13H,14H2,1-3H3,(H,26,29)/b25-13-. The van der Waals surface area contributed by atoms with Gasteiger partial charge in [0.15, 0.2) is 0 Å². The number of carbonyl (C=O) groups excluding carboxylic acids is 1. The minimum absolute atomic E-state index is 0.347. The molecule has 0 aliphatic carbocycles. The lowest BCUT2D eigenvalue weighted by molar-refractivity contribution is -0.119. The Kier molecular flexibility index (Phi) is 7.15. The van der Waals surface area contributed by atoms with Gasteiger partial charge in [-0.3, -0.25) is 9.10 Å². The molecule has 7 nitrogen and oxygen atoms in total. The second-order valence-corrected chi connectivity index (χ2v) is 9.98. The molecule has 3 aromatic rings. The zero-order valence-corrected chi connectivity index (χ0v) is 20.1. The molecular formula is C22H22BrFN4O3S. The van der Waals surface area contributed by atoms with Crippen LogP contribution in [0, 0.1) is 19.7 Å². The van der Waals surface area contributed by atoms with Crippen LogP contribution in [-0.2, 0) is 14.8 Å². The summed E-state index contributed by atoms with van der Waals surface area (Å²) >= 11 is 3.29. The molecule has 168 valence electrons. The monoisotopic (exact) mass is 520 g/mol. The minimum atomic E-state index is -3.68. The van der Waals surface area contributed by atoms with Gasteiger partial charge in [0.1, 0.15) is 12.4 Å². The number of benzene rings is 2. The van der Waals surface area contributed by atoms with Gasteiger partial charge in [-0.2, -0.15) is 5.10 Å². The molecule has 0 atom stereocenters. The lowest BCUT2D eigenvalue weighted by Gasteiger charge is -2.21. The number of anilines is 1. The number of nitrogens with one attached hydrogen (secondary N) is 1. The predicted octanol–water partition coefficient (Wildman–Crippen LogP) is 3.91. The number of hydrogen-bond acceptors (Lipinski definition) is 4. The molecule has 0 unspecified atom stereocenters. The van der Waals surface area contributed by atoms with E-state index in [2.05, 4.69) is 26.5 Å². The fourth-order valence-electron chi connectivity index (χ4n) is 3.27. The van der Waals surface area contributed by atoms with Gasteiger partial charge in [0.2, 0.25) is 10.0 Å². The van der Waals surface area contributed by atoms with Gasteiger partial charge in [0.05, 0.1) is 23.8 Å². The maximum absolute atomic E-state index is 14.2. The summed E-state index contributed by atoms with van der Waals surface area (Å²) in [7, 11) is -3.68. The summed E-state index contributed by atoms with van der Waals surface area (Å²) in [5.41, 5.74) is 5.39. The molecule has 10 heteroatoms. The van der Waals surface area contributed by atoms with E-state index in [4.69, 9.17) is 0 Å². The van der Waals surface area contributed by atoms with Crippen LogP contribution in [0.1, 0.15) is 17.0 Å². The van der Waals surface area contributed by atoms with Crippen molar-refractivity contribution in [2.45, 2.75) is 13.8 Å². The van der Waals surface area contributed by atoms with Gasteiger partial charge in [-0.15, -0.1) is 0 Å². The molecule has 0 aliphatic heterocycles. The van der Waals surface area contributed by atoms with Gasteiger partial charge >= 0.3 is 0 Å². The van der Waals surface area contributed by atoms with E-state index in [0.29, 0.717) is 16.9 Å². The van der Waals surface area contributed by atoms with Crippen molar-refractivity contribution in [1.82, 2.24) is 9.99 Å². The van der Waals surface area contributed by atoms with E-state index >= 15 is 0 Å². The molecule has 1 heterocycles. The fraction of sp³-hybridized carbons (Fsp3) is 0.182. The lowest BCUT2D eigenvalue weighted by atomic mass is 10.2. The molecule has 3 rings (SSSR count). The molecule has 1 amide bonds. The number of nitrogens with zero attached hydrogens (tertiary/aromatic N) is 3. The quantitative estimate of drug-likeness (QED) is 0.378. The van der Waals surface area contributed by atoms with Gasteiger partial charge in [-0.05, 0) is 56.3 Å². The zero-order chi connectivity index (χ0) is 23.5. The van der Waals surface area contributed by atoms with Crippen LogP contribution >= 0.6 is 15.9 Å². The highest BCUT2D eigenvalue weighted by Gasteiger charge is 2.20. The summed E-state index contributed by atoms with van der Waals surface area (Å²) in [6.07, 6.45) is 2.48. The predicted molar refractivity (Wildman–Crippen MR) is 127 cm³/mol. The van der Waals surface area contributed by atoms with E-state index < -0.39 is 22.5 Å². The third-order valence-corrected chi connectivity index (χ3v) is 6.43. The first-order chi connectivity index (χ1) is 15.1. The Morgan fingerprint density at radius 3 is 2.47 bits per heavy atom. The van der Waals surface area contributed by atoms with Crippen molar-refractivity contribution in [3.8, 4) is 5.69 Å². The van der Waals surface area contributed by atoms with E-state index in [0.717, 1.165) is 26.4 Å². The Hall–Kier alpha value is -2.98. The van der Waals surface area contributed by atoms with E-state index in [-0.39, 0.29) is 5.82 Å². The Morgan fingerprint density at radius 1 is 1.19 bits per heavy atom. The maximum Gasteiger partial charge on any atom is 0.260 e. The van der Waals surface area contributed by atoms with Crippen molar-refractivity contribution >= 4 is 43.8 Å². The summed E-state index contributed by atoms with van der Waals surface area (Å²) in [6, 6.07) is 14.8. The second-order valence-electron chi connectivity index (χ2n) is 7.15. The molecule has 2 aromatic carbocycles. The highest BCUT2D eigenvalue weighted by molar-refractivity contribution is 9.10. The molecule has 0 saturated heterocycles. The van der Waals surface area contributed by atoms with Gasteiger partial charge in [-0.1, -0.05) is 28.1 Å². The fourth-order valence-corrected chi connectivity index (χ4v) is 4.39. The van der Waals surface area contributed by atoms with Gasteiger partial charge < -0.3 is 4.57 Å². The molecule has 0 radical (unpaired) electrons. The number of aryl methyl sites for hydroxylation is 1. The summed E-state index contributed by atoms with van der Waals surface area (Å²) in [4.78, 5) is 12.4. The molecule has 0 bridgehead atoms. The second kappa shape index (κ2) is 9.66. The van der Waals surface area contributed by atoms with Crippen LogP contribution in [0.5, 0.6) is 0 Å². The number of halogens is 2. The van der Waals surface area contributed by atoms with E-state index in [1.165, 1.54) is 12.3 Å². The Morgan fingerprint density at radius 2 is 1.84 bits per heavy atom. The third kappa shape index (κ3) is 5.43.